The Morgan fingerprint density at radius 2 is 1.61 bits per heavy atom. The van der Waals surface area contributed by atoms with Crippen LogP contribution in [0.3, 0.4) is 0 Å². The molecule has 282 valence electrons. The summed E-state index contributed by atoms with van der Waals surface area (Å²) in [4.78, 5) is 1.95. The molecule has 3 heterocycles. The highest BCUT2D eigenvalue weighted by Gasteiger charge is 2.30. The summed E-state index contributed by atoms with van der Waals surface area (Å²) in [5.74, 6) is 1.33. The quantitative estimate of drug-likeness (QED) is 0.0935. The number of ether oxygens (including phenoxy) is 1. The zero-order valence-electron chi connectivity index (χ0n) is 30.3. The van der Waals surface area contributed by atoms with Gasteiger partial charge in [-0.25, -0.2) is 16.8 Å². The van der Waals surface area contributed by atoms with Crippen LogP contribution >= 0.6 is 11.3 Å². The molecular formula is C41H42N3O7S3-. The molecule has 3 unspecified atom stereocenters. The minimum Gasteiger partial charge on any atom is -0.748 e. The van der Waals surface area contributed by atoms with Crippen molar-refractivity contribution in [2.75, 3.05) is 11.4 Å². The van der Waals surface area contributed by atoms with Gasteiger partial charge in [0.25, 0.3) is 5.01 Å². The average Bonchev–Trinajstić information content (AvgIpc) is 3.86. The second kappa shape index (κ2) is 15.3. The van der Waals surface area contributed by atoms with E-state index in [0.29, 0.717) is 18.2 Å². The van der Waals surface area contributed by atoms with Crippen LogP contribution in [0.5, 0.6) is 5.75 Å². The Balaban J connectivity index is 1.30. The summed E-state index contributed by atoms with van der Waals surface area (Å²) in [7, 11) is -8.89. The van der Waals surface area contributed by atoms with Crippen LogP contribution in [0, 0.1) is 6.92 Å². The molecule has 7 rings (SSSR count). The monoisotopic (exact) mass is 784 g/mol. The van der Waals surface area contributed by atoms with E-state index in [-0.39, 0.29) is 25.3 Å². The normalized spacial score (nSPS) is 18.9. The first-order valence-electron chi connectivity index (χ1n) is 18.0. The fraction of sp³-hybridized carbons (Fsp3) is 0.293. The first kappa shape index (κ1) is 37.8. The van der Waals surface area contributed by atoms with Gasteiger partial charge in [0.2, 0.25) is 11.4 Å². The first-order chi connectivity index (χ1) is 25.7. The number of hydrogen-bond donors (Lipinski definition) is 0. The number of aromatic nitrogens is 2. The molecule has 13 heteroatoms. The van der Waals surface area contributed by atoms with Crippen LogP contribution < -0.4 is 14.2 Å². The van der Waals surface area contributed by atoms with E-state index >= 15 is 0 Å². The number of thiazole rings is 1. The lowest BCUT2D eigenvalue weighted by Crippen LogP contribution is -2.37. The van der Waals surface area contributed by atoms with E-state index in [1.54, 1.807) is 11.3 Å². The molecule has 2 aliphatic rings. The van der Waals surface area contributed by atoms with Gasteiger partial charge in [-0.3, -0.25) is 0 Å². The van der Waals surface area contributed by atoms with Crippen LogP contribution in [0.15, 0.2) is 120 Å². The van der Waals surface area contributed by atoms with E-state index < -0.39 is 30.7 Å². The van der Waals surface area contributed by atoms with Crippen molar-refractivity contribution < 1.29 is 35.2 Å². The van der Waals surface area contributed by atoms with Gasteiger partial charge in [0.05, 0.1) is 31.2 Å². The SMILES string of the molecule is Cc1ccc2c(c1)sc(/C=C1C=C(/C=C3\Oc4ccc(-n5cccc5)cc4N3CCC(C)S(=O)(=O)[O-])CC(c3ccccc3)C/1)[n+]2CCC(C)S(=O)(=O)[O-]. The number of benzene rings is 3. The molecule has 3 atom stereocenters. The molecule has 54 heavy (non-hydrogen) atoms. The molecule has 0 radical (unpaired) electrons. The molecule has 3 aromatic carbocycles. The van der Waals surface area contributed by atoms with Crippen LogP contribution in [-0.4, -0.2) is 47.6 Å². The van der Waals surface area contributed by atoms with Crippen LogP contribution in [0.1, 0.15) is 61.6 Å². The summed E-state index contributed by atoms with van der Waals surface area (Å²) in [5.41, 5.74) is 7.08. The highest BCUT2D eigenvalue weighted by Crippen LogP contribution is 2.43. The van der Waals surface area contributed by atoms with E-state index in [0.717, 1.165) is 56.2 Å². The summed E-state index contributed by atoms with van der Waals surface area (Å²) in [6.45, 7) is 5.57. The van der Waals surface area contributed by atoms with Gasteiger partial charge in [-0.1, -0.05) is 53.8 Å². The van der Waals surface area contributed by atoms with E-state index in [9.17, 15) is 25.9 Å². The molecule has 1 aliphatic carbocycles. The van der Waals surface area contributed by atoms with Gasteiger partial charge in [-0.15, -0.1) is 0 Å². The van der Waals surface area contributed by atoms with Gasteiger partial charge < -0.3 is 23.3 Å². The zero-order chi connectivity index (χ0) is 38.2. The van der Waals surface area contributed by atoms with Crippen molar-refractivity contribution in [1.82, 2.24) is 4.57 Å². The van der Waals surface area contributed by atoms with Gasteiger partial charge in [0.1, 0.15) is 4.70 Å². The summed E-state index contributed by atoms with van der Waals surface area (Å²) < 4.78 is 82.7. The van der Waals surface area contributed by atoms with Crippen molar-refractivity contribution in [2.24, 2.45) is 0 Å². The van der Waals surface area contributed by atoms with E-state index in [4.69, 9.17) is 4.74 Å². The minimum absolute atomic E-state index is 0.119. The van der Waals surface area contributed by atoms with Crippen molar-refractivity contribution in [3.8, 4) is 11.4 Å². The van der Waals surface area contributed by atoms with Gasteiger partial charge >= 0.3 is 0 Å². The second-order valence-corrected chi connectivity index (χ2v) is 18.8. The molecule has 0 saturated heterocycles. The number of nitrogens with zero attached hydrogens (tertiary/aromatic N) is 3. The Kier molecular flexibility index (Phi) is 10.7. The molecule has 2 aromatic heterocycles. The van der Waals surface area contributed by atoms with E-state index in [1.165, 1.54) is 19.4 Å². The van der Waals surface area contributed by atoms with Crippen molar-refractivity contribution >= 4 is 53.6 Å². The van der Waals surface area contributed by atoms with Gasteiger partial charge in [-0.2, -0.15) is 4.57 Å². The van der Waals surface area contributed by atoms with Crippen molar-refractivity contribution in [3.05, 3.63) is 137 Å². The Labute approximate surface area is 320 Å². The first-order valence-corrected chi connectivity index (χ1v) is 21.7. The number of hydrogen-bond acceptors (Lipinski definition) is 9. The number of aryl methyl sites for hydroxylation is 2. The van der Waals surface area contributed by atoms with Crippen LogP contribution in [0.4, 0.5) is 5.69 Å². The van der Waals surface area contributed by atoms with Crippen molar-refractivity contribution in [3.63, 3.8) is 0 Å². The number of anilines is 1. The van der Waals surface area contributed by atoms with E-state index in [2.05, 4.69) is 34.9 Å². The minimum atomic E-state index is -4.47. The number of fused-ring (bicyclic) bond motifs is 2. The predicted octanol–water partition coefficient (Wildman–Crippen LogP) is 7.56. The Morgan fingerprint density at radius 3 is 2.33 bits per heavy atom. The lowest BCUT2D eigenvalue weighted by Gasteiger charge is -2.26. The molecule has 10 nitrogen and oxygen atoms in total. The molecule has 0 spiro atoms. The summed E-state index contributed by atoms with van der Waals surface area (Å²) >= 11 is 1.63. The fourth-order valence-electron chi connectivity index (χ4n) is 7.03. The highest BCUT2D eigenvalue weighted by atomic mass is 32.2. The maximum Gasteiger partial charge on any atom is 0.263 e. The third-order valence-corrected chi connectivity index (χ3v) is 13.8. The maximum atomic E-state index is 11.9. The second-order valence-electron chi connectivity index (χ2n) is 14.2. The van der Waals surface area contributed by atoms with Gasteiger partial charge in [0, 0.05) is 54.5 Å². The molecular weight excluding hydrogens is 743 g/mol. The Morgan fingerprint density at radius 1 is 0.889 bits per heavy atom. The predicted molar refractivity (Wildman–Crippen MR) is 211 cm³/mol. The molecule has 1 aliphatic heterocycles. The number of rotatable bonds is 12. The average molecular weight is 785 g/mol. The summed E-state index contributed by atoms with van der Waals surface area (Å²) in [6, 6.07) is 26.3. The molecule has 0 saturated carbocycles. The van der Waals surface area contributed by atoms with E-state index in [1.807, 2.05) is 95.5 Å². The Bertz CT molecular complexity index is 2490. The van der Waals surface area contributed by atoms with Crippen LogP contribution in [0.25, 0.3) is 22.0 Å². The molecule has 0 amide bonds. The van der Waals surface area contributed by atoms with Crippen LogP contribution in [-0.2, 0) is 26.8 Å². The molecule has 0 N–H and O–H groups in total. The third-order valence-electron chi connectivity index (χ3n) is 10.2. The third kappa shape index (κ3) is 8.40. The van der Waals surface area contributed by atoms with Crippen LogP contribution in [0.2, 0.25) is 0 Å². The van der Waals surface area contributed by atoms with Gasteiger partial charge in [-0.05, 0) is 105 Å². The molecule has 0 fully saturated rings. The molecule has 0 bridgehead atoms. The lowest BCUT2D eigenvalue weighted by atomic mass is 9.81. The van der Waals surface area contributed by atoms with Crippen molar-refractivity contribution in [1.29, 1.82) is 0 Å². The number of allylic oxidation sites excluding steroid dienone is 4. The smallest absolute Gasteiger partial charge is 0.263 e. The zero-order valence-corrected chi connectivity index (χ0v) is 32.7. The standard InChI is InChI=1S/C41H43N3O7S3/c1-28-11-13-36-39(21-28)52-41(44(36)20-16-30(3)54(48,49)50)26-32-22-31(23-34(24-32)33-9-5-4-6-10-33)25-40-43(19-15-29(2)53(45,46)47)37-27-35(12-14-38(37)51-40)42-17-7-8-18-42/h4-14,17-18,21-22,25-27,29-30,34H,15-16,19-20,23-24H2,1-3H3,(H-,45,46,47,48,49,50)/p-1. The van der Waals surface area contributed by atoms with Crippen molar-refractivity contribution in [2.45, 2.75) is 69.4 Å². The maximum absolute atomic E-state index is 11.9. The molecule has 5 aromatic rings. The van der Waals surface area contributed by atoms with Gasteiger partial charge in [0.15, 0.2) is 12.3 Å². The fourth-order valence-corrected chi connectivity index (χ4v) is 9.08. The topological polar surface area (TPSA) is 136 Å². The largest absolute Gasteiger partial charge is 0.748 e. The highest BCUT2D eigenvalue weighted by molar-refractivity contribution is 7.86. The lowest BCUT2D eigenvalue weighted by molar-refractivity contribution is -0.669. The summed E-state index contributed by atoms with van der Waals surface area (Å²) in [5, 5.41) is -1.14. The Hall–Kier alpha value is -4.53. The summed E-state index contributed by atoms with van der Waals surface area (Å²) in [6.07, 6.45) is 12.0.